The largest absolute Gasteiger partial charge is 0.445 e. The number of nitrogens with two attached hydrogens (primary N) is 1. The first-order valence-corrected chi connectivity index (χ1v) is 6.57. The number of primary amides is 1. The minimum Gasteiger partial charge on any atom is -0.369 e. The van der Waals surface area contributed by atoms with Crippen molar-refractivity contribution in [3.63, 3.8) is 0 Å². The third kappa shape index (κ3) is 2.96. The van der Waals surface area contributed by atoms with Crippen LogP contribution < -0.4 is 10.6 Å². The van der Waals surface area contributed by atoms with Crippen molar-refractivity contribution < 1.29 is 18.0 Å². The highest BCUT2D eigenvalue weighted by molar-refractivity contribution is 7.15. The highest BCUT2D eigenvalue weighted by Crippen LogP contribution is 2.36. The van der Waals surface area contributed by atoms with Crippen LogP contribution in [0.5, 0.6) is 0 Å². The Morgan fingerprint density at radius 1 is 1.42 bits per heavy atom. The second kappa shape index (κ2) is 4.95. The minimum absolute atomic E-state index is 0.0182. The topological polar surface area (TPSA) is 72.1 Å². The van der Waals surface area contributed by atoms with E-state index in [1.54, 1.807) is 4.90 Å². The molecule has 2 heterocycles. The molecule has 0 aliphatic carbocycles. The van der Waals surface area contributed by atoms with Crippen LogP contribution in [-0.2, 0) is 11.0 Å². The Balaban J connectivity index is 2.19. The van der Waals surface area contributed by atoms with Crippen molar-refractivity contribution in [2.24, 2.45) is 11.7 Å². The van der Waals surface area contributed by atoms with E-state index in [-0.39, 0.29) is 17.1 Å². The number of hydrogen-bond donors (Lipinski definition) is 1. The Hall–Kier alpha value is -1.38. The summed E-state index contributed by atoms with van der Waals surface area (Å²) in [5, 5.41) is 5.94. The summed E-state index contributed by atoms with van der Waals surface area (Å²) in [5.41, 5.74) is 5.25. The van der Waals surface area contributed by atoms with E-state index in [1.807, 2.05) is 6.92 Å². The highest BCUT2D eigenvalue weighted by atomic mass is 32.1. The first-order valence-electron chi connectivity index (χ1n) is 5.75. The van der Waals surface area contributed by atoms with Gasteiger partial charge in [-0.25, -0.2) is 0 Å². The number of nitrogens with zero attached hydrogens (tertiary/aromatic N) is 3. The van der Waals surface area contributed by atoms with Crippen LogP contribution in [0.15, 0.2) is 0 Å². The fourth-order valence-electron chi connectivity index (χ4n) is 2.05. The van der Waals surface area contributed by atoms with Gasteiger partial charge < -0.3 is 10.6 Å². The van der Waals surface area contributed by atoms with Crippen molar-refractivity contribution in [3.05, 3.63) is 5.01 Å². The van der Waals surface area contributed by atoms with Gasteiger partial charge in [0.1, 0.15) is 0 Å². The minimum atomic E-state index is -4.49. The lowest BCUT2D eigenvalue weighted by molar-refractivity contribution is -0.138. The number of hydrogen-bond acceptors (Lipinski definition) is 5. The highest BCUT2D eigenvalue weighted by Gasteiger charge is 2.37. The molecular formula is C10H13F3N4OS. The van der Waals surface area contributed by atoms with Crippen LogP contribution in [0.2, 0.25) is 0 Å². The van der Waals surface area contributed by atoms with Gasteiger partial charge in [-0.1, -0.05) is 11.3 Å². The fourth-order valence-corrected chi connectivity index (χ4v) is 2.88. The van der Waals surface area contributed by atoms with Crippen molar-refractivity contribution >= 4 is 22.4 Å². The number of carbonyl (C=O) groups excluding carboxylic acids is 1. The van der Waals surface area contributed by atoms with E-state index in [0.29, 0.717) is 30.7 Å². The molecule has 2 N–H and O–H groups in total. The summed E-state index contributed by atoms with van der Waals surface area (Å²) in [6.45, 7) is 2.18. The van der Waals surface area contributed by atoms with Crippen LogP contribution in [-0.4, -0.2) is 28.7 Å². The van der Waals surface area contributed by atoms with E-state index in [0.717, 1.165) is 0 Å². The third-order valence-corrected chi connectivity index (χ3v) is 4.19. The van der Waals surface area contributed by atoms with Crippen LogP contribution in [0.3, 0.4) is 0 Å². The van der Waals surface area contributed by atoms with Gasteiger partial charge >= 0.3 is 6.18 Å². The van der Waals surface area contributed by atoms with Crippen LogP contribution >= 0.6 is 11.3 Å². The summed E-state index contributed by atoms with van der Waals surface area (Å²) in [5.74, 6) is -0.785. The zero-order valence-electron chi connectivity index (χ0n) is 10.1. The quantitative estimate of drug-likeness (QED) is 0.900. The van der Waals surface area contributed by atoms with Crippen molar-refractivity contribution in [2.75, 3.05) is 11.4 Å². The maximum absolute atomic E-state index is 12.5. The Morgan fingerprint density at radius 3 is 2.63 bits per heavy atom. The molecule has 106 valence electrons. The maximum atomic E-state index is 12.5. The molecular weight excluding hydrogens is 281 g/mol. The number of carbonyl (C=O) groups is 1. The Labute approximate surface area is 111 Å². The predicted molar refractivity (Wildman–Crippen MR) is 63.6 cm³/mol. The molecule has 1 aromatic heterocycles. The van der Waals surface area contributed by atoms with Gasteiger partial charge in [-0.15, -0.1) is 10.2 Å². The number of piperidine rings is 1. The standard InChI is InChI=1S/C10H13F3N4OS/c1-5-2-3-6(7(14)18)4-17(5)9-16-15-8(19-9)10(11,12)13/h5-6H,2-4H2,1H3,(H2,14,18)/t5-,6+/m0/s1. The normalized spacial score (nSPS) is 24.5. The van der Waals surface area contributed by atoms with Crippen LogP contribution in [0, 0.1) is 5.92 Å². The van der Waals surface area contributed by atoms with Gasteiger partial charge in [-0.05, 0) is 19.8 Å². The van der Waals surface area contributed by atoms with Crippen molar-refractivity contribution in [2.45, 2.75) is 32.0 Å². The summed E-state index contributed by atoms with van der Waals surface area (Å²) in [6.07, 6.45) is -3.15. The number of aromatic nitrogens is 2. The zero-order valence-corrected chi connectivity index (χ0v) is 11.0. The average molecular weight is 294 g/mol. The Kier molecular flexibility index (Phi) is 3.66. The van der Waals surface area contributed by atoms with Gasteiger partial charge in [-0.3, -0.25) is 4.79 Å². The van der Waals surface area contributed by atoms with Gasteiger partial charge in [-0.2, -0.15) is 13.2 Å². The molecule has 1 fully saturated rings. The predicted octanol–water partition coefficient (Wildman–Crippen LogP) is 1.65. The van der Waals surface area contributed by atoms with E-state index < -0.39 is 17.1 Å². The smallest absolute Gasteiger partial charge is 0.369 e. The molecule has 0 unspecified atom stereocenters. The fraction of sp³-hybridized carbons (Fsp3) is 0.700. The number of halogens is 3. The maximum Gasteiger partial charge on any atom is 0.445 e. The Morgan fingerprint density at radius 2 is 2.11 bits per heavy atom. The first-order chi connectivity index (χ1) is 8.79. The van der Waals surface area contributed by atoms with Gasteiger partial charge in [0.05, 0.1) is 5.92 Å². The molecule has 0 spiro atoms. The van der Waals surface area contributed by atoms with Crippen LogP contribution in [0.25, 0.3) is 0 Å². The lowest BCUT2D eigenvalue weighted by Crippen LogP contribution is -2.45. The number of alkyl halides is 3. The molecule has 0 saturated carbocycles. The Bertz CT molecular complexity index is 476. The lowest BCUT2D eigenvalue weighted by Gasteiger charge is -2.36. The molecule has 0 radical (unpaired) electrons. The van der Waals surface area contributed by atoms with Crippen LogP contribution in [0.1, 0.15) is 24.8 Å². The zero-order chi connectivity index (χ0) is 14.2. The van der Waals surface area contributed by atoms with E-state index in [9.17, 15) is 18.0 Å². The van der Waals surface area contributed by atoms with Crippen molar-refractivity contribution in [1.29, 1.82) is 0 Å². The SMILES string of the molecule is C[C@H]1CC[C@@H](C(N)=O)CN1c1nnc(C(F)(F)F)s1. The summed E-state index contributed by atoms with van der Waals surface area (Å²) in [6, 6.07) is 0.0182. The second-order valence-electron chi connectivity index (χ2n) is 4.57. The number of rotatable bonds is 2. The lowest BCUT2D eigenvalue weighted by atomic mass is 9.93. The molecule has 1 amide bonds. The molecule has 0 bridgehead atoms. The van der Waals surface area contributed by atoms with Gasteiger partial charge in [0.25, 0.3) is 0 Å². The van der Waals surface area contributed by atoms with Gasteiger partial charge in [0, 0.05) is 12.6 Å². The van der Waals surface area contributed by atoms with Gasteiger partial charge in [0.2, 0.25) is 16.0 Å². The second-order valence-corrected chi connectivity index (χ2v) is 5.52. The van der Waals surface area contributed by atoms with E-state index in [4.69, 9.17) is 5.73 Å². The van der Waals surface area contributed by atoms with Crippen molar-refractivity contribution in [3.8, 4) is 0 Å². The third-order valence-electron chi connectivity index (χ3n) is 3.19. The van der Waals surface area contributed by atoms with E-state index in [1.165, 1.54) is 0 Å². The van der Waals surface area contributed by atoms with Crippen LogP contribution in [0.4, 0.5) is 18.3 Å². The molecule has 0 aromatic carbocycles. The first kappa shape index (κ1) is 14.0. The van der Waals surface area contributed by atoms with E-state index >= 15 is 0 Å². The van der Waals surface area contributed by atoms with Crippen molar-refractivity contribution in [1.82, 2.24) is 10.2 Å². The summed E-state index contributed by atoms with van der Waals surface area (Å²) in [7, 11) is 0. The molecule has 2 rings (SSSR count). The molecule has 1 aromatic rings. The number of amides is 1. The monoisotopic (exact) mass is 294 g/mol. The molecule has 2 atom stereocenters. The molecule has 1 aliphatic rings. The summed E-state index contributed by atoms with van der Waals surface area (Å²) < 4.78 is 37.5. The summed E-state index contributed by atoms with van der Waals surface area (Å²) >= 11 is 0.490. The van der Waals surface area contributed by atoms with Gasteiger partial charge in [0.15, 0.2) is 0 Å². The summed E-state index contributed by atoms with van der Waals surface area (Å²) in [4.78, 5) is 12.9. The molecule has 5 nitrogen and oxygen atoms in total. The average Bonchev–Trinajstić information content (AvgIpc) is 2.78. The molecule has 1 saturated heterocycles. The molecule has 1 aliphatic heterocycles. The number of anilines is 1. The van der Waals surface area contributed by atoms with E-state index in [2.05, 4.69) is 10.2 Å². The molecule has 9 heteroatoms. The molecule has 19 heavy (non-hydrogen) atoms.